The van der Waals surface area contributed by atoms with Crippen LogP contribution in [0.2, 0.25) is 0 Å². The number of hydrogen-bond donors (Lipinski definition) is 2. The number of rotatable bonds is 4. The monoisotopic (exact) mass is 229 g/mol. The van der Waals surface area contributed by atoms with E-state index in [0.717, 1.165) is 30.2 Å². The van der Waals surface area contributed by atoms with Gasteiger partial charge < -0.3 is 10.3 Å². The molecule has 2 N–H and O–H groups in total. The van der Waals surface area contributed by atoms with Crippen LogP contribution < -0.4 is 5.32 Å². The molecular weight excluding hydrogens is 210 g/mol. The fourth-order valence-electron chi connectivity index (χ4n) is 2.00. The van der Waals surface area contributed by atoms with Gasteiger partial charge in [-0.2, -0.15) is 0 Å². The highest BCUT2D eigenvalue weighted by Gasteiger charge is 2.06. The first-order valence-electron chi connectivity index (χ1n) is 5.98. The first-order chi connectivity index (χ1) is 8.20. The van der Waals surface area contributed by atoms with Crippen LogP contribution >= 0.6 is 0 Å². The third kappa shape index (κ3) is 2.67. The Morgan fingerprint density at radius 2 is 1.94 bits per heavy atom. The van der Waals surface area contributed by atoms with Crippen LogP contribution in [0.15, 0.2) is 24.3 Å². The van der Waals surface area contributed by atoms with Crippen molar-refractivity contribution in [3.05, 3.63) is 46.8 Å². The minimum atomic E-state index is 0.849. The average Bonchev–Trinajstić information content (AvgIpc) is 2.69. The Bertz CT molecular complexity index is 500. The molecule has 0 atom stereocenters. The lowest BCUT2D eigenvalue weighted by atomic mass is 10.0. The molecule has 0 radical (unpaired) electrons. The second-order valence-corrected chi connectivity index (χ2v) is 4.33. The number of benzene rings is 1. The van der Waals surface area contributed by atoms with Crippen LogP contribution in [0.1, 0.15) is 22.5 Å². The second-order valence-electron chi connectivity index (χ2n) is 4.33. The molecule has 2 rings (SSSR count). The zero-order chi connectivity index (χ0) is 12.3. The summed E-state index contributed by atoms with van der Waals surface area (Å²) in [6, 6.07) is 8.53. The van der Waals surface area contributed by atoms with E-state index >= 15 is 0 Å². The van der Waals surface area contributed by atoms with Crippen molar-refractivity contribution in [2.24, 2.45) is 0 Å². The predicted molar refractivity (Wildman–Crippen MR) is 71.5 cm³/mol. The lowest BCUT2D eigenvalue weighted by molar-refractivity contribution is 0.906. The Morgan fingerprint density at radius 3 is 2.59 bits per heavy atom. The van der Waals surface area contributed by atoms with Crippen molar-refractivity contribution in [3.63, 3.8) is 0 Å². The molecule has 17 heavy (non-hydrogen) atoms. The largest absolute Gasteiger partial charge is 0.359 e. The lowest BCUT2D eigenvalue weighted by Gasteiger charge is -2.04. The molecule has 3 nitrogen and oxygen atoms in total. The van der Waals surface area contributed by atoms with Crippen molar-refractivity contribution in [1.82, 2.24) is 9.97 Å². The van der Waals surface area contributed by atoms with E-state index in [2.05, 4.69) is 53.4 Å². The van der Waals surface area contributed by atoms with Crippen molar-refractivity contribution in [2.75, 3.05) is 12.4 Å². The van der Waals surface area contributed by atoms with Crippen molar-refractivity contribution in [2.45, 2.75) is 26.7 Å². The van der Waals surface area contributed by atoms with E-state index in [1.54, 1.807) is 0 Å². The molecule has 0 spiro atoms. The first-order valence-corrected chi connectivity index (χ1v) is 5.98. The first kappa shape index (κ1) is 11.7. The van der Waals surface area contributed by atoms with E-state index in [1.807, 2.05) is 7.05 Å². The Labute approximate surface area is 102 Å². The van der Waals surface area contributed by atoms with Crippen LogP contribution in [0.4, 0.5) is 5.95 Å². The van der Waals surface area contributed by atoms with E-state index in [9.17, 15) is 0 Å². The molecule has 0 saturated carbocycles. The molecule has 0 saturated heterocycles. The summed E-state index contributed by atoms with van der Waals surface area (Å²) in [5.74, 6) is 0.849. The number of nitrogens with zero attached hydrogens (tertiary/aromatic N) is 1. The minimum absolute atomic E-state index is 0.849. The van der Waals surface area contributed by atoms with Gasteiger partial charge in [-0.1, -0.05) is 24.3 Å². The quantitative estimate of drug-likeness (QED) is 0.846. The summed E-state index contributed by atoms with van der Waals surface area (Å²) >= 11 is 0. The smallest absolute Gasteiger partial charge is 0.200 e. The number of aromatic nitrogens is 2. The van der Waals surface area contributed by atoms with Gasteiger partial charge in [-0.05, 0) is 37.8 Å². The summed E-state index contributed by atoms with van der Waals surface area (Å²) in [5.41, 5.74) is 5.07. The molecule has 90 valence electrons. The molecule has 0 bridgehead atoms. The molecule has 0 amide bonds. The fourth-order valence-corrected chi connectivity index (χ4v) is 2.00. The molecular formula is C14H19N3. The van der Waals surface area contributed by atoms with E-state index in [-0.39, 0.29) is 0 Å². The minimum Gasteiger partial charge on any atom is -0.359 e. The van der Waals surface area contributed by atoms with Gasteiger partial charge in [0.2, 0.25) is 0 Å². The highest BCUT2D eigenvalue weighted by Crippen LogP contribution is 2.14. The van der Waals surface area contributed by atoms with Gasteiger partial charge in [0, 0.05) is 12.7 Å². The summed E-state index contributed by atoms with van der Waals surface area (Å²) in [4.78, 5) is 7.73. The van der Waals surface area contributed by atoms with Crippen LogP contribution in [0, 0.1) is 13.8 Å². The Morgan fingerprint density at radius 1 is 1.18 bits per heavy atom. The molecule has 2 aromatic rings. The van der Waals surface area contributed by atoms with Crippen LogP contribution in [-0.4, -0.2) is 17.0 Å². The summed E-state index contributed by atoms with van der Waals surface area (Å²) < 4.78 is 0. The average molecular weight is 229 g/mol. The predicted octanol–water partition coefficient (Wildman–Crippen LogP) is 2.85. The highest BCUT2D eigenvalue weighted by molar-refractivity contribution is 5.31. The van der Waals surface area contributed by atoms with Crippen LogP contribution in [-0.2, 0) is 12.8 Å². The van der Waals surface area contributed by atoms with E-state index < -0.39 is 0 Å². The maximum Gasteiger partial charge on any atom is 0.200 e. The zero-order valence-corrected chi connectivity index (χ0v) is 10.7. The topological polar surface area (TPSA) is 40.7 Å². The summed E-state index contributed by atoms with van der Waals surface area (Å²) in [6.07, 6.45) is 2.02. The van der Waals surface area contributed by atoms with Crippen molar-refractivity contribution in [3.8, 4) is 0 Å². The van der Waals surface area contributed by atoms with Crippen LogP contribution in [0.5, 0.6) is 0 Å². The molecule has 1 aromatic heterocycles. The van der Waals surface area contributed by atoms with Crippen molar-refractivity contribution >= 4 is 5.95 Å². The number of anilines is 1. The van der Waals surface area contributed by atoms with Gasteiger partial charge in [0.15, 0.2) is 5.95 Å². The summed E-state index contributed by atoms with van der Waals surface area (Å²) in [5, 5.41) is 3.03. The molecule has 0 fully saturated rings. The van der Waals surface area contributed by atoms with Gasteiger partial charge in [-0.3, -0.25) is 0 Å². The van der Waals surface area contributed by atoms with Gasteiger partial charge in [-0.15, -0.1) is 0 Å². The Hall–Kier alpha value is -1.77. The molecule has 0 aliphatic carbocycles. The Balaban J connectivity index is 2.07. The third-order valence-corrected chi connectivity index (χ3v) is 3.11. The number of nitrogens with one attached hydrogen (secondary N) is 2. The number of hydrogen-bond acceptors (Lipinski definition) is 2. The van der Waals surface area contributed by atoms with Gasteiger partial charge in [-0.25, -0.2) is 4.98 Å². The van der Waals surface area contributed by atoms with Gasteiger partial charge in [0.25, 0.3) is 0 Å². The molecule has 0 aliphatic heterocycles. The van der Waals surface area contributed by atoms with E-state index in [0.29, 0.717) is 0 Å². The molecule has 3 heteroatoms. The van der Waals surface area contributed by atoms with E-state index in [4.69, 9.17) is 0 Å². The number of aromatic amines is 1. The fraction of sp³-hybridized carbons (Fsp3) is 0.357. The number of aryl methyl sites for hydroxylation is 4. The van der Waals surface area contributed by atoms with Crippen LogP contribution in [0.25, 0.3) is 0 Å². The third-order valence-electron chi connectivity index (χ3n) is 3.11. The molecule has 1 aromatic carbocycles. The number of H-pyrrole nitrogens is 1. The van der Waals surface area contributed by atoms with Crippen molar-refractivity contribution < 1.29 is 0 Å². The Kier molecular flexibility index (Phi) is 3.47. The normalized spacial score (nSPS) is 10.5. The van der Waals surface area contributed by atoms with Gasteiger partial charge in [0.05, 0.1) is 5.69 Å². The molecule has 1 heterocycles. The zero-order valence-electron chi connectivity index (χ0n) is 10.7. The molecule has 0 unspecified atom stereocenters. The highest BCUT2D eigenvalue weighted by atomic mass is 15.1. The summed E-state index contributed by atoms with van der Waals surface area (Å²) in [6.45, 7) is 4.23. The number of imidazole rings is 1. The lowest BCUT2D eigenvalue weighted by Crippen LogP contribution is -1.96. The van der Waals surface area contributed by atoms with Crippen LogP contribution in [0.3, 0.4) is 0 Å². The SMILES string of the molecule is CNc1nc(CCc2ccccc2C)c(C)[nH]1. The van der Waals surface area contributed by atoms with E-state index in [1.165, 1.54) is 11.1 Å². The van der Waals surface area contributed by atoms with Gasteiger partial charge in [0.1, 0.15) is 0 Å². The molecule has 0 aliphatic rings. The van der Waals surface area contributed by atoms with Gasteiger partial charge >= 0.3 is 0 Å². The summed E-state index contributed by atoms with van der Waals surface area (Å²) in [7, 11) is 1.88. The maximum absolute atomic E-state index is 4.51. The standard InChI is InChI=1S/C14H19N3/c1-10-6-4-5-7-12(10)8-9-13-11(2)16-14(15-3)17-13/h4-7H,8-9H2,1-3H3,(H2,15,16,17). The van der Waals surface area contributed by atoms with Crippen molar-refractivity contribution in [1.29, 1.82) is 0 Å². The maximum atomic E-state index is 4.51. The second kappa shape index (κ2) is 5.04.